The molecule has 2 atom stereocenters. The van der Waals surface area contributed by atoms with Crippen LogP contribution in [0.15, 0.2) is 15.7 Å². The van der Waals surface area contributed by atoms with Crippen molar-refractivity contribution in [1.82, 2.24) is 10.2 Å². The highest BCUT2D eigenvalue weighted by Crippen LogP contribution is 2.39. The predicted octanol–water partition coefficient (Wildman–Crippen LogP) is -0.122. The molecule has 3 heterocycles. The maximum absolute atomic E-state index is 8.93. The standard InChI is InChI=1S/C10H16N4O2S2/c11-10-12-3-6-9(13-10)14(5-18-6)7-4-17-8(16-7)1-2-15/h7-8,15H,1-5H2,(H3,11,12,13)/t7-,8-/m0/s1. The number of ether oxygens (including phenoxy) is 1. The molecule has 0 aromatic heterocycles. The van der Waals surface area contributed by atoms with Gasteiger partial charge in [0.2, 0.25) is 0 Å². The highest BCUT2D eigenvalue weighted by atomic mass is 32.2. The Morgan fingerprint density at radius 1 is 1.61 bits per heavy atom. The lowest BCUT2D eigenvalue weighted by Crippen LogP contribution is -2.39. The van der Waals surface area contributed by atoms with E-state index in [0.717, 1.165) is 24.0 Å². The zero-order valence-electron chi connectivity index (χ0n) is 9.83. The van der Waals surface area contributed by atoms with Crippen molar-refractivity contribution in [3.05, 3.63) is 10.7 Å². The molecule has 100 valence electrons. The molecule has 3 rings (SSSR count). The highest BCUT2D eigenvalue weighted by Gasteiger charge is 2.36. The third-order valence-electron chi connectivity index (χ3n) is 3.00. The summed E-state index contributed by atoms with van der Waals surface area (Å²) in [5, 5.41) is 12.0. The summed E-state index contributed by atoms with van der Waals surface area (Å²) >= 11 is 3.53. The summed E-state index contributed by atoms with van der Waals surface area (Å²) in [5.41, 5.74) is 5.81. The Morgan fingerprint density at radius 3 is 3.33 bits per heavy atom. The van der Waals surface area contributed by atoms with Gasteiger partial charge in [-0.1, -0.05) is 0 Å². The second-order valence-corrected chi connectivity index (χ2v) is 6.44. The zero-order valence-corrected chi connectivity index (χ0v) is 11.5. The first-order chi connectivity index (χ1) is 8.78. The van der Waals surface area contributed by atoms with E-state index in [4.69, 9.17) is 15.6 Å². The molecule has 0 bridgehead atoms. The summed E-state index contributed by atoms with van der Waals surface area (Å²) in [6.07, 6.45) is 0.724. The Bertz CT molecular complexity index is 401. The minimum absolute atomic E-state index is 0.0428. The maximum atomic E-state index is 8.93. The van der Waals surface area contributed by atoms with E-state index in [9.17, 15) is 0 Å². The van der Waals surface area contributed by atoms with Gasteiger partial charge in [0.05, 0.1) is 12.4 Å². The molecule has 1 saturated heterocycles. The van der Waals surface area contributed by atoms with Crippen molar-refractivity contribution >= 4 is 29.5 Å². The highest BCUT2D eigenvalue weighted by molar-refractivity contribution is 8.03. The number of nitrogens with one attached hydrogen (secondary N) is 1. The molecule has 0 aromatic rings. The van der Waals surface area contributed by atoms with Gasteiger partial charge in [0.25, 0.3) is 0 Å². The average molecular weight is 288 g/mol. The fourth-order valence-corrected chi connectivity index (χ4v) is 4.26. The van der Waals surface area contributed by atoms with Gasteiger partial charge in [-0.05, 0) is 0 Å². The van der Waals surface area contributed by atoms with E-state index in [0.29, 0.717) is 12.4 Å². The molecule has 0 amide bonds. The number of rotatable bonds is 3. The number of hydrogen-bond donors (Lipinski definition) is 3. The van der Waals surface area contributed by atoms with Gasteiger partial charge in [-0.25, -0.2) is 0 Å². The van der Waals surface area contributed by atoms with Crippen LogP contribution in [0.4, 0.5) is 0 Å². The molecule has 0 radical (unpaired) electrons. The van der Waals surface area contributed by atoms with Gasteiger partial charge in [0.15, 0.2) is 5.96 Å². The topological polar surface area (TPSA) is 83.1 Å². The van der Waals surface area contributed by atoms with Crippen molar-refractivity contribution < 1.29 is 9.84 Å². The Labute approximate surface area is 114 Å². The molecule has 0 unspecified atom stereocenters. The lowest BCUT2D eigenvalue weighted by atomic mass is 10.4. The number of aliphatic hydroxyl groups excluding tert-OH is 1. The van der Waals surface area contributed by atoms with Gasteiger partial charge >= 0.3 is 0 Å². The molecule has 8 heteroatoms. The quantitative estimate of drug-likeness (QED) is 0.667. The largest absolute Gasteiger partial charge is 0.396 e. The van der Waals surface area contributed by atoms with Crippen molar-refractivity contribution in [2.24, 2.45) is 10.7 Å². The molecule has 1 fully saturated rings. The van der Waals surface area contributed by atoms with Gasteiger partial charge in [0, 0.05) is 23.7 Å². The molecule has 18 heavy (non-hydrogen) atoms. The maximum Gasteiger partial charge on any atom is 0.195 e. The summed E-state index contributed by atoms with van der Waals surface area (Å²) in [6.45, 7) is 0.924. The Balaban J connectivity index is 1.69. The third kappa shape index (κ3) is 2.29. The Morgan fingerprint density at radius 2 is 2.50 bits per heavy atom. The monoisotopic (exact) mass is 288 g/mol. The van der Waals surface area contributed by atoms with E-state index in [1.54, 1.807) is 23.5 Å². The molecule has 0 aliphatic carbocycles. The van der Waals surface area contributed by atoms with Crippen LogP contribution >= 0.6 is 23.5 Å². The summed E-state index contributed by atoms with van der Waals surface area (Å²) in [4.78, 5) is 7.76. The minimum Gasteiger partial charge on any atom is -0.396 e. The third-order valence-corrected chi connectivity index (χ3v) is 5.28. The molecule has 3 aliphatic heterocycles. The van der Waals surface area contributed by atoms with Gasteiger partial charge < -0.3 is 25.8 Å². The van der Waals surface area contributed by atoms with Crippen LogP contribution in [0.3, 0.4) is 0 Å². The lowest BCUT2D eigenvalue weighted by Gasteiger charge is -2.26. The molecule has 0 spiro atoms. The van der Waals surface area contributed by atoms with Crippen LogP contribution in [0.5, 0.6) is 0 Å². The second-order valence-electron chi connectivity index (χ2n) is 4.21. The normalized spacial score (nSPS) is 31.4. The fraction of sp³-hybridized carbons (Fsp3) is 0.700. The number of nitrogens with two attached hydrogens (primary N) is 1. The summed E-state index contributed by atoms with van der Waals surface area (Å²) in [7, 11) is 0. The van der Waals surface area contributed by atoms with E-state index in [1.165, 1.54) is 4.91 Å². The molecular weight excluding hydrogens is 272 g/mol. The molecule has 6 nitrogen and oxygen atoms in total. The number of aliphatic imine (C=N–C) groups is 1. The first-order valence-electron chi connectivity index (χ1n) is 5.86. The Hall–Kier alpha value is -0.570. The van der Waals surface area contributed by atoms with Crippen molar-refractivity contribution in [2.75, 3.05) is 24.8 Å². The first-order valence-corrected chi connectivity index (χ1v) is 7.90. The van der Waals surface area contributed by atoms with Gasteiger partial charge in [-0.3, -0.25) is 0 Å². The summed E-state index contributed by atoms with van der Waals surface area (Å²) in [6, 6.07) is 0. The zero-order chi connectivity index (χ0) is 12.5. The van der Waals surface area contributed by atoms with E-state index in [1.807, 2.05) is 0 Å². The van der Waals surface area contributed by atoms with Crippen molar-refractivity contribution in [1.29, 1.82) is 0 Å². The number of thioether (sulfide) groups is 2. The second kappa shape index (κ2) is 5.20. The SMILES string of the molecule is NC1=NC2=C(CN1)SCN2[C@@H]1CS[C@@H](CCO)O1. The van der Waals surface area contributed by atoms with Crippen LogP contribution in [0.1, 0.15) is 6.42 Å². The van der Waals surface area contributed by atoms with Crippen molar-refractivity contribution in [3.63, 3.8) is 0 Å². The van der Waals surface area contributed by atoms with E-state index in [2.05, 4.69) is 15.2 Å². The molecule has 0 saturated carbocycles. The predicted molar refractivity (Wildman–Crippen MR) is 73.8 cm³/mol. The lowest BCUT2D eigenvalue weighted by molar-refractivity contribution is -0.0236. The van der Waals surface area contributed by atoms with Crippen LogP contribution in [0.25, 0.3) is 0 Å². The van der Waals surface area contributed by atoms with Gasteiger partial charge in [0.1, 0.15) is 17.5 Å². The van der Waals surface area contributed by atoms with Crippen molar-refractivity contribution in [2.45, 2.75) is 18.1 Å². The van der Waals surface area contributed by atoms with Gasteiger partial charge in [-0.15, -0.1) is 23.5 Å². The minimum atomic E-state index is 0.0428. The number of aliphatic hydroxyl groups is 1. The first kappa shape index (κ1) is 12.5. The van der Waals surface area contributed by atoms with Crippen molar-refractivity contribution in [3.8, 4) is 0 Å². The molecule has 3 aliphatic rings. The van der Waals surface area contributed by atoms with Crippen LogP contribution in [0, 0.1) is 0 Å². The number of nitrogens with zero attached hydrogens (tertiary/aromatic N) is 2. The van der Waals surface area contributed by atoms with Crippen LogP contribution in [0.2, 0.25) is 0 Å². The molecular formula is C10H16N4O2S2. The van der Waals surface area contributed by atoms with E-state index >= 15 is 0 Å². The average Bonchev–Trinajstić information content (AvgIpc) is 2.95. The van der Waals surface area contributed by atoms with Gasteiger partial charge in [-0.2, -0.15) is 4.99 Å². The smallest absolute Gasteiger partial charge is 0.195 e. The summed E-state index contributed by atoms with van der Waals surface area (Å²) in [5.74, 6) is 3.19. The van der Waals surface area contributed by atoms with Crippen LogP contribution in [-0.2, 0) is 4.74 Å². The molecule has 0 aromatic carbocycles. The van der Waals surface area contributed by atoms with Crippen LogP contribution in [-0.4, -0.2) is 52.4 Å². The van der Waals surface area contributed by atoms with E-state index in [-0.39, 0.29) is 18.3 Å². The number of guanidine groups is 1. The number of hydrogen-bond acceptors (Lipinski definition) is 8. The van der Waals surface area contributed by atoms with Crippen LogP contribution < -0.4 is 11.1 Å². The fourth-order valence-electron chi connectivity index (χ4n) is 2.10. The Kier molecular flexibility index (Phi) is 3.60. The van der Waals surface area contributed by atoms with E-state index < -0.39 is 0 Å². The molecule has 4 N–H and O–H groups in total. The summed E-state index contributed by atoms with van der Waals surface area (Å²) < 4.78 is 5.92.